The number of tetrazole rings is 1. The second-order valence-electron chi connectivity index (χ2n) is 10.2. The molecular formula is C30H26BrF3N8O3. The maximum Gasteiger partial charge on any atom is 0.416 e. The van der Waals surface area contributed by atoms with Gasteiger partial charge in [-0.2, -0.15) is 18.4 Å². The molecule has 1 aromatic heterocycles. The molecule has 1 aliphatic carbocycles. The number of amides is 1. The Labute approximate surface area is 263 Å². The van der Waals surface area contributed by atoms with Crippen LogP contribution in [0.2, 0.25) is 0 Å². The standard InChI is InChI=1S/C30H26BrF3N8O3/c31-24-14-23(30(32,33)34)15-25(16-24)35-27(18-42(44)45)41(26-12-10-21(11-13-26)20-4-2-1-3-5-20)17-19-6-8-22(9-7-19)28(43)36-29-37-39-40-38-29/h4,6-16H,1-3,5,17-18H2,(H2,36,37,38,39,40,43). The van der Waals surface area contributed by atoms with Crippen LogP contribution >= 0.6 is 15.9 Å². The monoisotopic (exact) mass is 682 g/mol. The van der Waals surface area contributed by atoms with Crippen molar-refractivity contribution in [2.45, 2.75) is 38.4 Å². The molecule has 1 aliphatic rings. The van der Waals surface area contributed by atoms with E-state index in [2.05, 4.69) is 52.9 Å². The minimum Gasteiger partial charge on any atom is -0.320 e. The first-order valence-corrected chi connectivity index (χ1v) is 14.6. The van der Waals surface area contributed by atoms with Crippen LogP contribution in [0, 0.1) is 10.1 Å². The number of aliphatic imine (C=N–C) groups is 1. The Hall–Kier alpha value is -4.92. The molecule has 0 radical (unpaired) electrons. The Morgan fingerprint density at radius 3 is 2.47 bits per heavy atom. The van der Waals surface area contributed by atoms with E-state index in [1.807, 2.05) is 24.3 Å². The van der Waals surface area contributed by atoms with Gasteiger partial charge >= 0.3 is 6.18 Å². The van der Waals surface area contributed by atoms with Crippen molar-refractivity contribution in [3.8, 4) is 0 Å². The summed E-state index contributed by atoms with van der Waals surface area (Å²) in [6.45, 7) is -0.687. The van der Waals surface area contributed by atoms with E-state index in [-0.39, 0.29) is 28.5 Å². The van der Waals surface area contributed by atoms with Crippen molar-refractivity contribution in [3.05, 3.63) is 110 Å². The molecule has 0 saturated carbocycles. The van der Waals surface area contributed by atoms with Gasteiger partial charge in [0, 0.05) is 27.2 Å². The molecule has 232 valence electrons. The topological polar surface area (TPSA) is 142 Å². The van der Waals surface area contributed by atoms with Gasteiger partial charge < -0.3 is 4.90 Å². The van der Waals surface area contributed by atoms with Crippen LogP contribution in [-0.4, -0.2) is 43.8 Å². The smallest absolute Gasteiger partial charge is 0.320 e. The molecule has 1 heterocycles. The minimum atomic E-state index is -4.64. The lowest BCUT2D eigenvalue weighted by atomic mass is 9.93. The average Bonchev–Trinajstić information content (AvgIpc) is 3.52. The van der Waals surface area contributed by atoms with Gasteiger partial charge in [0.05, 0.1) is 11.3 Å². The summed E-state index contributed by atoms with van der Waals surface area (Å²) in [7, 11) is 0. The Kier molecular flexibility index (Phi) is 9.66. The van der Waals surface area contributed by atoms with Crippen molar-refractivity contribution in [3.63, 3.8) is 0 Å². The third kappa shape index (κ3) is 8.38. The minimum absolute atomic E-state index is 0.00421. The van der Waals surface area contributed by atoms with Crippen molar-refractivity contribution >= 4 is 50.6 Å². The number of benzene rings is 3. The molecule has 0 fully saturated rings. The quantitative estimate of drug-likeness (QED) is 0.0822. The first-order chi connectivity index (χ1) is 21.5. The number of H-pyrrole nitrogens is 1. The number of hydrogen-bond donors (Lipinski definition) is 2. The first-order valence-electron chi connectivity index (χ1n) is 13.8. The van der Waals surface area contributed by atoms with E-state index >= 15 is 0 Å². The number of carbonyl (C=O) groups excluding carboxylic acids is 1. The molecule has 3 aromatic carbocycles. The highest BCUT2D eigenvalue weighted by Crippen LogP contribution is 2.35. The number of rotatable bonds is 9. The van der Waals surface area contributed by atoms with E-state index in [1.165, 1.54) is 11.6 Å². The molecule has 0 unspecified atom stereocenters. The van der Waals surface area contributed by atoms with E-state index in [4.69, 9.17) is 0 Å². The maximum atomic E-state index is 13.6. The second-order valence-corrected chi connectivity index (χ2v) is 11.1. The fourth-order valence-electron chi connectivity index (χ4n) is 4.87. The van der Waals surface area contributed by atoms with Gasteiger partial charge in [-0.1, -0.05) is 51.4 Å². The highest BCUT2D eigenvalue weighted by Gasteiger charge is 2.31. The van der Waals surface area contributed by atoms with Crippen LogP contribution in [0.3, 0.4) is 0 Å². The van der Waals surface area contributed by atoms with Crippen LogP contribution in [0.25, 0.3) is 5.57 Å². The summed E-state index contributed by atoms with van der Waals surface area (Å²) in [5.74, 6) is -0.544. The summed E-state index contributed by atoms with van der Waals surface area (Å²) < 4.78 is 40.8. The van der Waals surface area contributed by atoms with Gasteiger partial charge in [-0.05, 0) is 90.1 Å². The lowest BCUT2D eigenvalue weighted by Gasteiger charge is -2.25. The second kappa shape index (κ2) is 13.8. The van der Waals surface area contributed by atoms with E-state index in [0.717, 1.165) is 43.4 Å². The summed E-state index contributed by atoms with van der Waals surface area (Å²) in [6, 6.07) is 17.1. The molecule has 1 amide bonds. The van der Waals surface area contributed by atoms with E-state index in [9.17, 15) is 28.1 Å². The number of amidine groups is 1. The Bertz CT molecular complexity index is 1720. The predicted molar refractivity (Wildman–Crippen MR) is 166 cm³/mol. The van der Waals surface area contributed by atoms with Gasteiger partial charge in [0.15, 0.2) is 5.84 Å². The predicted octanol–water partition coefficient (Wildman–Crippen LogP) is 7.20. The summed E-state index contributed by atoms with van der Waals surface area (Å²) >= 11 is 3.10. The SMILES string of the molecule is O=C(Nc1nn[nH]n1)c1ccc(CN(C(C[N+](=O)[O-])=Nc2cc(Br)cc(C(F)(F)F)c2)c2ccc(C3=CCCCC3)cc2)cc1. The van der Waals surface area contributed by atoms with Crippen molar-refractivity contribution in [2.75, 3.05) is 16.8 Å². The molecule has 11 nitrogen and oxygen atoms in total. The summed E-state index contributed by atoms with van der Waals surface area (Å²) in [4.78, 5) is 29.8. The van der Waals surface area contributed by atoms with E-state index in [1.54, 1.807) is 29.2 Å². The van der Waals surface area contributed by atoms with Gasteiger partial charge in [-0.15, -0.1) is 5.10 Å². The highest BCUT2D eigenvalue weighted by molar-refractivity contribution is 9.10. The molecule has 45 heavy (non-hydrogen) atoms. The largest absolute Gasteiger partial charge is 0.416 e. The molecule has 0 bridgehead atoms. The Morgan fingerprint density at radius 1 is 1.09 bits per heavy atom. The third-order valence-electron chi connectivity index (χ3n) is 7.02. The van der Waals surface area contributed by atoms with Gasteiger partial charge in [0.1, 0.15) is 0 Å². The number of nitrogens with one attached hydrogen (secondary N) is 2. The molecule has 0 atom stereocenters. The fraction of sp³-hybridized carbons (Fsp3) is 0.233. The van der Waals surface area contributed by atoms with Crippen LogP contribution in [0.5, 0.6) is 0 Å². The Balaban J connectivity index is 1.52. The fourth-order valence-corrected chi connectivity index (χ4v) is 5.35. The number of carbonyl (C=O) groups is 1. The number of halogens is 4. The normalized spacial score (nSPS) is 13.7. The molecule has 2 N–H and O–H groups in total. The van der Waals surface area contributed by atoms with Crippen molar-refractivity contribution in [1.82, 2.24) is 20.6 Å². The van der Waals surface area contributed by atoms with E-state index in [0.29, 0.717) is 16.8 Å². The number of hydrogen-bond acceptors (Lipinski definition) is 7. The van der Waals surface area contributed by atoms with Crippen molar-refractivity contribution in [1.29, 1.82) is 0 Å². The lowest BCUT2D eigenvalue weighted by Crippen LogP contribution is -2.35. The summed E-state index contributed by atoms with van der Waals surface area (Å²) in [5, 5.41) is 27.3. The molecule has 0 spiro atoms. The zero-order chi connectivity index (χ0) is 32.0. The molecular weight excluding hydrogens is 657 g/mol. The zero-order valence-corrected chi connectivity index (χ0v) is 25.2. The van der Waals surface area contributed by atoms with Crippen LogP contribution in [0.15, 0.2) is 82.3 Å². The molecule has 0 aliphatic heterocycles. The summed E-state index contributed by atoms with van der Waals surface area (Å²) in [5.41, 5.74) is 2.73. The van der Waals surface area contributed by atoms with Gasteiger partial charge in [0.2, 0.25) is 0 Å². The molecule has 15 heteroatoms. The van der Waals surface area contributed by atoms with Crippen LogP contribution in [0.1, 0.15) is 52.7 Å². The third-order valence-corrected chi connectivity index (χ3v) is 7.48. The average molecular weight is 683 g/mol. The maximum absolute atomic E-state index is 13.6. The number of nitrogens with zero attached hydrogens (tertiary/aromatic N) is 6. The number of allylic oxidation sites excluding steroid dienone is 2. The van der Waals surface area contributed by atoms with Crippen LogP contribution in [-0.2, 0) is 12.7 Å². The van der Waals surface area contributed by atoms with Crippen molar-refractivity contribution in [2.24, 2.45) is 4.99 Å². The zero-order valence-electron chi connectivity index (χ0n) is 23.6. The highest BCUT2D eigenvalue weighted by atomic mass is 79.9. The van der Waals surface area contributed by atoms with Crippen LogP contribution < -0.4 is 10.2 Å². The number of aromatic amines is 1. The van der Waals surface area contributed by atoms with Crippen molar-refractivity contribution < 1.29 is 22.9 Å². The van der Waals surface area contributed by atoms with Gasteiger partial charge in [0.25, 0.3) is 18.4 Å². The number of alkyl halides is 3. The summed E-state index contributed by atoms with van der Waals surface area (Å²) in [6.07, 6.45) is 1.75. The van der Waals surface area contributed by atoms with Gasteiger partial charge in [-0.3, -0.25) is 20.2 Å². The first kappa shape index (κ1) is 31.5. The molecule has 0 saturated heterocycles. The number of aromatic nitrogens is 4. The lowest BCUT2D eigenvalue weighted by molar-refractivity contribution is -0.463. The Morgan fingerprint density at radius 2 is 1.84 bits per heavy atom. The number of nitro groups is 1. The molecule has 5 rings (SSSR count). The van der Waals surface area contributed by atoms with Crippen LogP contribution in [0.4, 0.5) is 30.5 Å². The van der Waals surface area contributed by atoms with E-state index < -0.39 is 29.1 Å². The number of anilines is 2. The molecule has 4 aromatic rings. The van der Waals surface area contributed by atoms with Gasteiger partial charge in [-0.25, -0.2) is 4.99 Å².